The number of quaternary nitrogens is 1. The average molecular weight is 916 g/mol. The molecule has 3 unspecified atom stereocenters. The quantitative estimate of drug-likeness (QED) is 0.0243. The summed E-state index contributed by atoms with van der Waals surface area (Å²) >= 11 is 0. The van der Waals surface area contributed by atoms with Gasteiger partial charge in [-0.05, 0) is 70.6 Å². The zero-order valence-electron chi connectivity index (χ0n) is 42.0. The first kappa shape index (κ1) is 61.7. The summed E-state index contributed by atoms with van der Waals surface area (Å²) in [6.07, 6.45) is 63.9. The fourth-order valence-corrected chi connectivity index (χ4v) is 7.78. The van der Waals surface area contributed by atoms with E-state index in [9.17, 15) is 19.4 Å². The molecule has 0 spiro atoms. The molecule has 1 amide bonds. The van der Waals surface area contributed by atoms with Gasteiger partial charge in [-0.25, -0.2) is 4.57 Å². The minimum atomic E-state index is -4.34. The molecule has 8 nitrogen and oxygen atoms in total. The zero-order valence-corrected chi connectivity index (χ0v) is 42.9. The van der Waals surface area contributed by atoms with E-state index < -0.39 is 20.0 Å². The van der Waals surface area contributed by atoms with Crippen LogP contribution in [0.1, 0.15) is 206 Å². The second-order valence-corrected chi connectivity index (χ2v) is 20.0. The summed E-state index contributed by atoms with van der Waals surface area (Å²) in [5, 5.41) is 13.8. The molecule has 0 saturated carbocycles. The molecule has 0 bridgehead atoms. The van der Waals surface area contributed by atoms with Crippen molar-refractivity contribution < 1.29 is 32.9 Å². The number of nitrogens with zero attached hydrogens (tertiary/aromatic N) is 1. The van der Waals surface area contributed by atoms with Crippen LogP contribution in [0.15, 0.2) is 85.1 Å². The second-order valence-electron chi connectivity index (χ2n) is 18.5. The lowest BCUT2D eigenvalue weighted by atomic mass is 10.0. The normalized spacial score (nSPS) is 14.8. The lowest BCUT2D eigenvalue weighted by Crippen LogP contribution is -2.45. The molecule has 0 aromatic heterocycles. The summed E-state index contributed by atoms with van der Waals surface area (Å²) in [7, 11) is 1.56. The smallest absolute Gasteiger partial charge is 0.387 e. The van der Waals surface area contributed by atoms with Gasteiger partial charge in [-0.2, -0.15) is 0 Å². The number of phosphoric ester groups is 1. The Balaban J connectivity index is 4.13. The standard InChI is InChI=1S/C55H99N2O6P/c1-6-8-10-12-14-16-18-19-20-21-22-23-24-25-26-27-28-29-30-31-32-33-34-35-36-37-39-41-43-45-47-49-55(59)56-53(52-63-64(60,61)62-51-50-57(3,4)5)54(58)48-46-44-42-40-38-17-15-13-11-9-7-2/h8,10,14,16,19-20,22-23,25-26,28-29,46,48,53-54,58H,6-7,9,11-13,15,17-18,21,24,27,30-45,47,49-52H2,1-5H3,(H-,56,59,60,61)/p+1/b10-8-,16-14-,20-19-,23-22-,26-25-,29-28-,48-46+. The van der Waals surface area contributed by atoms with Crippen LogP contribution >= 0.6 is 7.82 Å². The highest BCUT2D eigenvalue weighted by Gasteiger charge is 2.27. The number of aliphatic hydroxyl groups excluding tert-OH is 1. The second kappa shape index (κ2) is 45.8. The number of allylic oxidation sites excluding steroid dienone is 13. The number of aliphatic hydroxyl groups is 1. The maximum Gasteiger partial charge on any atom is 0.472 e. The fourth-order valence-electron chi connectivity index (χ4n) is 7.04. The fraction of sp³-hybridized carbons (Fsp3) is 0.727. The van der Waals surface area contributed by atoms with Crippen molar-refractivity contribution >= 4 is 13.7 Å². The van der Waals surface area contributed by atoms with Crippen LogP contribution in [0.4, 0.5) is 0 Å². The third kappa shape index (κ3) is 47.6. The number of unbranched alkanes of at least 4 members (excludes halogenated alkanes) is 21. The number of likely N-dealkylation sites (N-methyl/N-ethyl adjacent to an activating group) is 1. The highest BCUT2D eigenvalue weighted by molar-refractivity contribution is 7.47. The van der Waals surface area contributed by atoms with Crippen molar-refractivity contribution in [3.8, 4) is 0 Å². The van der Waals surface area contributed by atoms with Crippen molar-refractivity contribution in [3.05, 3.63) is 85.1 Å². The Morgan fingerprint density at radius 2 is 0.938 bits per heavy atom. The minimum absolute atomic E-state index is 0.0579. The molecule has 0 heterocycles. The molecule has 0 saturated heterocycles. The third-order valence-corrected chi connectivity index (χ3v) is 12.1. The molecule has 0 rings (SSSR count). The minimum Gasteiger partial charge on any atom is -0.387 e. The van der Waals surface area contributed by atoms with Gasteiger partial charge in [0.2, 0.25) is 5.91 Å². The summed E-state index contributed by atoms with van der Waals surface area (Å²) in [5.74, 6) is -0.184. The van der Waals surface area contributed by atoms with E-state index in [4.69, 9.17) is 9.05 Å². The van der Waals surface area contributed by atoms with Gasteiger partial charge in [0.05, 0.1) is 39.9 Å². The van der Waals surface area contributed by atoms with Gasteiger partial charge >= 0.3 is 7.82 Å². The van der Waals surface area contributed by atoms with Crippen LogP contribution in [0, 0.1) is 0 Å². The number of amides is 1. The van der Waals surface area contributed by atoms with Crippen molar-refractivity contribution in [2.75, 3.05) is 40.9 Å². The number of hydrogen-bond donors (Lipinski definition) is 3. The van der Waals surface area contributed by atoms with Crippen LogP contribution in [-0.4, -0.2) is 73.4 Å². The summed E-state index contributed by atoms with van der Waals surface area (Å²) in [6.45, 7) is 4.67. The van der Waals surface area contributed by atoms with Gasteiger partial charge in [-0.3, -0.25) is 13.8 Å². The van der Waals surface area contributed by atoms with E-state index >= 15 is 0 Å². The number of carbonyl (C=O) groups is 1. The highest BCUT2D eigenvalue weighted by Crippen LogP contribution is 2.43. The Morgan fingerprint density at radius 3 is 1.38 bits per heavy atom. The molecule has 0 radical (unpaired) electrons. The molecule has 0 fully saturated rings. The molecule has 0 aliphatic carbocycles. The number of rotatable bonds is 46. The zero-order chi connectivity index (χ0) is 47.1. The molecule has 9 heteroatoms. The van der Waals surface area contributed by atoms with Crippen LogP contribution in [0.3, 0.4) is 0 Å². The number of nitrogens with one attached hydrogen (secondary N) is 1. The van der Waals surface area contributed by atoms with E-state index in [1.807, 2.05) is 27.2 Å². The summed E-state index contributed by atoms with van der Waals surface area (Å²) in [6, 6.07) is -0.850. The van der Waals surface area contributed by atoms with Crippen molar-refractivity contribution in [1.29, 1.82) is 0 Å². The van der Waals surface area contributed by atoms with Crippen molar-refractivity contribution in [2.45, 2.75) is 219 Å². The highest BCUT2D eigenvalue weighted by atomic mass is 31.2. The van der Waals surface area contributed by atoms with Gasteiger partial charge in [0.1, 0.15) is 13.2 Å². The molecule has 0 aliphatic heterocycles. The maximum atomic E-state index is 12.9. The first-order valence-electron chi connectivity index (χ1n) is 26.0. The topological polar surface area (TPSA) is 105 Å². The van der Waals surface area contributed by atoms with Gasteiger partial charge < -0.3 is 19.8 Å². The number of carbonyl (C=O) groups excluding carboxylic acids is 1. The summed E-state index contributed by atoms with van der Waals surface area (Å²) in [5.41, 5.74) is 0. The first-order chi connectivity index (χ1) is 31.0. The van der Waals surface area contributed by atoms with Gasteiger partial charge in [0.15, 0.2) is 0 Å². The van der Waals surface area contributed by atoms with E-state index in [0.717, 1.165) is 77.0 Å². The molecule has 0 aromatic carbocycles. The van der Waals surface area contributed by atoms with E-state index in [2.05, 4.69) is 92.1 Å². The van der Waals surface area contributed by atoms with Crippen molar-refractivity contribution in [2.24, 2.45) is 0 Å². The van der Waals surface area contributed by atoms with E-state index in [1.54, 1.807) is 6.08 Å². The molecule has 0 aliphatic rings. The van der Waals surface area contributed by atoms with E-state index in [-0.39, 0.29) is 19.1 Å². The van der Waals surface area contributed by atoms with Crippen LogP contribution in [0.2, 0.25) is 0 Å². The first-order valence-corrected chi connectivity index (χ1v) is 27.5. The van der Waals surface area contributed by atoms with Gasteiger partial charge in [-0.15, -0.1) is 0 Å². The SMILES string of the molecule is CC/C=C\C/C=C\C/C=C\C/C=C\C/C=C\C/C=C\CCCCCCCCCCCCCCC(=O)NC(COP(=O)(O)OCC[N+](C)(C)C)C(O)/C=C/CCCCCCCCCCC. The summed E-state index contributed by atoms with van der Waals surface area (Å²) < 4.78 is 23.6. The van der Waals surface area contributed by atoms with Crippen molar-refractivity contribution in [3.63, 3.8) is 0 Å². The number of phosphoric acid groups is 1. The predicted molar refractivity (Wildman–Crippen MR) is 276 cm³/mol. The molecule has 3 N–H and O–H groups in total. The molecule has 0 aromatic rings. The lowest BCUT2D eigenvalue weighted by Gasteiger charge is -2.25. The van der Waals surface area contributed by atoms with Crippen molar-refractivity contribution in [1.82, 2.24) is 5.32 Å². The van der Waals surface area contributed by atoms with Crippen LogP contribution in [0.25, 0.3) is 0 Å². The number of hydrogen-bond acceptors (Lipinski definition) is 5. The average Bonchev–Trinajstić information content (AvgIpc) is 3.25. The Kier molecular flexibility index (Phi) is 44.2. The molecular formula is C55H100N2O6P+. The van der Waals surface area contributed by atoms with E-state index in [1.165, 1.54) is 109 Å². The molecule has 64 heavy (non-hydrogen) atoms. The van der Waals surface area contributed by atoms with E-state index in [0.29, 0.717) is 17.4 Å². The molecule has 370 valence electrons. The van der Waals surface area contributed by atoms with Crippen LogP contribution in [-0.2, 0) is 18.4 Å². The molecular weight excluding hydrogens is 816 g/mol. The van der Waals surface area contributed by atoms with Crippen LogP contribution in [0.5, 0.6) is 0 Å². The Bertz CT molecular complexity index is 1310. The monoisotopic (exact) mass is 916 g/mol. The Labute approximate surface area is 395 Å². The maximum absolute atomic E-state index is 12.9. The third-order valence-electron chi connectivity index (χ3n) is 11.1. The lowest BCUT2D eigenvalue weighted by molar-refractivity contribution is -0.870. The van der Waals surface area contributed by atoms with Gasteiger partial charge in [-0.1, -0.05) is 214 Å². The predicted octanol–water partition coefficient (Wildman–Crippen LogP) is 15.3. The van der Waals surface area contributed by atoms with Gasteiger partial charge in [0.25, 0.3) is 0 Å². The summed E-state index contributed by atoms with van der Waals surface area (Å²) in [4.78, 5) is 23.2. The van der Waals surface area contributed by atoms with Crippen LogP contribution < -0.4 is 5.32 Å². The molecule has 3 atom stereocenters. The van der Waals surface area contributed by atoms with Gasteiger partial charge in [0, 0.05) is 6.42 Å². The Hall–Kier alpha value is -2.32. The Morgan fingerprint density at radius 1 is 0.547 bits per heavy atom. The largest absolute Gasteiger partial charge is 0.472 e.